The molecule has 0 aliphatic carbocycles. The van der Waals surface area contributed by atoms with Gasteiger partial charge in [0.1, 0.15) is 6.23 Å². The van der Waals surface area contributed by atoms with Gasteiger partial charge in [0.05, 0.1) is 5.69 Å². The molecule has 16 heavy (non-hydrogen) atoms. The summed E-state index contributed by atoms with van der Waals surface area (Å²) in [6.45, 7) is 1.95. The monoisotopic (exact) mass is 221 g/mol. The van der Waals surface area contributed by atoms with Gasteiger partial charge in [-0.15, -0.1) is 0 Å². The number of nitrogens with zero attached hydrogens (tertiary/aromatic N) is 2. The van der Waals surface area contributed by atoms with E-state index in [1.165, 1.54) is 19.3 Å². The van der Waals surface area contributed by atoms with E-state index in [1.54, 1.807) is 12.4 Å². The lowest BCUT2D eigenvalue weighted by Gasteiger charge is -2.31. The Morgan fingerprint density at radius 1 is 1.31 bits per heavy atom. The van der Waals surface area contributed by atoms with E-state index in [9.17, 15) is 5.11 Å². The van der Waals surface area contributed by atoms with E-state index < -0.39 is 6.23 Å². The molecule has 88 valence electrons. The van der Waals surface area contributed by atoms with Gasteiger partial charge < -0.3 is 10.4 Å². The molecule has 0 radical (unpaired) electrons. The predicted octanol–water partition coefficient (Wildman–Crippen LogP) is 1.60. The zero-order valence-electron chi connectivity index (χ0n) is 9.69. The lowest BCUT2D eigenvalue weighted by Crippen LogP contribution is -2.33. The number of hydrogen-bond donors (Lipinski definition) is 2. The normalized spacial score (nSPS) is 19.4. The van der Waals surface area contributed by atoms with E-state index in [0.717, 1.165) is 24.3 Å². The van der Waals surface area contributed by atoms with Gasteiger partial charge in [0.25, 0.3) is 0 Å². The predicted molar refractivity (Wildman–Crippen MR) is 64.2 cm³/mol. The van der Waals surface area contributed by atoms with Crippen LogP contribution in [0.25, 0.3) is 0 Å². The van der Waals surface area contributed by atoms with Crippen LogP contribution < -0.4 is 5.32 Å². The molecule has 0 amide bonds. The molecule has 1 saturated heterocycles. The molecule has 1 aromatic rings. The standard InChI is InChI=1S/C12H19N3O/c1-13-11-7-10(8-14-9-11)12(16)15-5-3-2-4-6-15/h7-9,12-13,16H,2-6H2,1H3. The number of rotatable bonds is 3. The van der Waals surface area contributed by atoms with Crippen LogP contribution in [0.5, 0.6) is 0 Å². The fourth-order valence-electron chi connectivity index (χ4n) is 2.11. The maximum absolute atomic E-state index is 10.2. The number of hydrogen-bond acceptors (Lipinski definition) is 4. The summed E-state index contributed by atoms with van der Waals surface area (Å²) < 4.78 is 0. The number of pyridine rings is 1. The van der Waals surface area contributed by atoms with Gasteiger partial charge in [0.15, 0.2) is 0 Å². The van der Waals surface area contributed by atoms with E-state index in [0.29, 0.717) is 0 Å². The fraction of sp³-hybridized carbons (Fsp3) is 0.583. The molecule has 1 fully saturated rings. The minimum absolute atomic E-state index is 0.513. The molecule has 0 spiro atoms. The van der Waals surface area contributed by atoms with Crippen LogP contribution in [0.2, 0.25) is 0 Å². The molecule has 0 aromatic carbocycles. The lowest BCUT2D eigenvalue weighted by molar-refractivity contribution is -0.0100. The SMILES string of the molecule is CNc1cncc(C(O)N2CCCCC2)c1. The van der Waals surface area contributed by atoms with Gasteiger partial charge >= 0.3 is 0 Å². The average Bonchev–Trinajstić information content (AvgIpc) is 2.39. The van der Waals surface area contributed by atoms with Crippen LogP contribution in [0.3, 0.4) is 0 Å². The van der Waals surface area contributed by atoms with Crippen LogP contribution in [-0.4, -0.2) is 35.1 Å². The molecule has 4 heteroatoms. The lowest BCUT2D eigenvalue weighted by atomic mass is 10.1. The summed E-state index contributed by atoms with van der Waals surface area (Å²) in [5.74, 6) is 0. The number of aromatic nitrogens is 1. The van der Waals surface area contributed by atoms with Crippen molar-refractivity contribution < 1.29 is 5.11 Å². The highest BCUT2D eigenvalue weighted by Crippen LogP contribution is 2.23. The Morgan fingerprint density at radius 2 is 2.06 bits per heavy atom. The van der Waals surface area contributed by atoms with Gasteiger partial charge in [-0.1, -0.05) is 6.42 Å². The Bertz CT molecular complexity index is 337. The fourth-order valence-corrected chi connectivity index (χ4v) is 2.11. The Labute approximate surface area is 96.3 Å². The second kappa shape index (κ2) is 5.27. The first-order valence-electron chi connectivity index (χ1n) is 5.86. The third-order valence-electron chi connectivity index (χ3n) is 3.08. The molecule has 1 unspecified atom stereocenters. The highest BCUT2D eigenvalue weighted by Gasteiger charge is 2.19. The third kappa shape index (κ3) is 2.51. The largest absolute Gasteiger partial charge is 0.387 e. The third-order valence-corrected chi connectivity index (χ3v) is 3.08. The summed E-state index contributed by atoms with van der Waals surface area (Å²) >= 11 is 0. The average molecular weight is 221 g/mol. The van der Waals surface area contributed by atoms with Crippen LogP contribution in [-0.2, 0) is 0 Å². The Balaban J connectivity index is 2.09. The van der Waals surface area contributed by atoms with Crippen LogP contribution in [0.15, 0.2) is 18.5 Å². The van der Waals surface area contributed by atoms with Crippen molar-refractivity contribution in [3.63, 3.8) is 0 Å². The molecule has 1 aliphatic heterocycles. The van der Waals surface area contributed by atoms with Crippen molar-refractivity contribution in [3.8, 4) is 0 Å². The Hall–Kier alpha value is -1.13. The zero-order chi connectivity index (χ0) is 11.4. The molecule has 1 aliphatic rings. The molecule has 2 rings (SSSR count). The summed E-state index contributed by atoms with van der Waals surface area (Å²) in [5, 5.41) is 13.3. The van der Waals surface area contributed by atoms with Crippen molar-refractivity contribution in [2.75, 3.05) is 25.5 Å². The minimum atomic E-state index is -0.513. The van der Waals surface area contributed by atoms with Gasteiger partial charge in [-0.25, -0.2) is 0 Å². The van der Waals surface area contributed by atoms with Crippen molar-refractivity contribution >= 4 is 5.69 Å². The van der Waals surface area contributed by atoms with E-state index in [1.807, 2.05) is 13.1 Å². The number of aliphatic hydroxyl groups is 1. The van der Waals surface area contributed by atoms with Gasteiger partial charge in [0.2, 0.25) is 0 Å². The second-order valence-electron chi connectivity index (χ2n) is 4.23. The maximum atomic E-state index is 10.2. The van der Waals surface area contributed by atoms with Crippen molar-refractivity contribution in [2.24, 2.45) is 0 Å². The van der Waals surface area contributed by atoms with Crippen molar-refractivity contribution in [1.29, 1.82) is 0 Å². The van der Waals surface area contributed by atoms with Crippen LogP contribution in [0.4, 0.5) is 5.69 Å². The summed E-state index contributed by atoms with van der Waals surface area (Å²) in [4.78, 5) is 6.23. The van der Waals surface area contributed by atoms with Gasteiger partial charge in [-0.3, -0.25) is 9.88 Å². The van der Waals surface area contributed by atoms with Gasteiger partial charge in [0, 0.05) is 38.1 Å². The quantitative estimate of drug-likeness (QED) is 0.814. The van der Waals surface area contributed by atoms with E-state index in [4.69, 9.17) is 0 Å². The van der Waals surface area contributed by atoms with Crippen LogP contribution >= 0.6 is 0 Å². The topological polar surface area (TPSA) is 48.4 Å². The Kier molecular flexibility index (Phi) is 3.74. The first kappa shape index (κ1) is 11.4. The minimum Gasteiger partial charge on any atom is -0.387 e. The van der Waals surface area contributed by atoms with E-state index >= 15 is 0 Å². The number of nitrogens with one attached hydrogen (secondary N) is 1. The van der Waals surface area contributed by atoms with Crippen LogP contribution in [0.1, 0.15) is 31.1 Å². The molecule has 1 atom stereocenters. The molecular formula is C12H19N3O. The number of piperidine rings is 1. The Morgan fingerprint density at radius 3 is 2.75 bits per heavy atom. The number of aliphatic hydroxyl groups excluding tert-OH is 1. The summed E-state index contributed by atoms with van der Waals surface area (Å²) in [5.41, 5.74) is 1.81. The molecular weight excluding hydrogens is 202 g/mol. The summed E-state index contributed by atoms with van der Waals surface area (Å²) in [7, 11) is 1.86. The molecule has 0 bridgehead atoms. The maximum Gasteiger partial charge on any atom is 0.135 e. The van der Waals surface area contributed by atoms with E-state index in [-0.39, 0.29) is 0 Å². The number of anilines is 1. The zero-order valence-corrected chi connectivity index (χ0v) is 9.69. The highest BCUT2D eigenvalue weighted by molar-refractivity contribution is 5.42. The smallest absolute Gasteiger partial charge is 0.135 e. The van der Waals surface area contributed by atoms with Gasteiger partial charge in [-0.2, -0.15) is 0 Å². The molecule has 0 saturated carbocycles. The summed E-state index contributed by atoms with van der Waals surface area (Å²) in [6, 6.07) is 1.95. The van der Waals surface area contributed by atoms with Crippen molar-refractivity contribution in [2.45, 2.75) is 25.5 Å². The molecule has 2 N–H and O–H groups in total. The van der Waals surface area contributed by atoms with Gasteiger partial charge in [-0.05, 0) is 18.9 Å². The van der Waals surface area contributed by atoms with E-state index in [2.05, 4.69) is 15.2 Å². The first-order chi connectivity index (χ1) is 7.81. The second-order valence-corrected chi connectivity index (χ2v) is 4.23. The molecule has 1 aromatic heterocycles. The van der Waals surface area contributed by atoms with Crippen molar-refractivity contribution in [1.82, 2.24) is 9.88 Å². The van der Waals surface area contributed by atoms with Crippen LogP contribution in [0, 0.1) is 0 Å². The molecule has 2 heterocycles. The van der Waals surface area contributed by atoms with Crippen molar-refractivity contribution in [3.05, 3.63) is 24.0 Å². The molecule has 4 nitrogen and oxygen atoms in total. The number of likely N-dealkylation sites (tertiary alicyclic amines) is 1. The summed E-state index contributed by atoms with van der Waals surface area (Å²) in [6.07, 6.45) is 6.61. The first-order valence-corrected chi connectivity index (χ1v) is 5.86. The highest BCUT2D eigenvalue weighted by atomic mass is 16.3.